The van der Waals surface area contributed by atoms with Gasteiger partial charge in [-0.1, -0.05) is 259 Å². The molecule has 0 unspecified atom stereocenters. The van der Waals surface area contributed by atoms with Gasteiger partial charge in [0, 0.05) is 25.7 Å². The molecule has 4 amide bonds. The summed E-state index contributed by atoms with van der Waals surface area (Å²) in [6.07, 6.45) is 26.7. The zero-order valence-electron chi connectivity index (χ0n) is 58.7. The van der Waals surface area contributed by atoms with Gasteiger partial charge in [-0.15, -0.1) is 0 Å². The number of amides is 4. The molecule has 2 aliphatic rings. The molecular weight excluding hydrogens is 1250 g/mol. The summed E-state index contributed by atoms with van der Waals surface area (Å²) in [4.78, 5) is 114. The van der Waals surface area contributed by atoms with Crippen LogP contribution < -0.4 is 21.3 Å². The lowest BCUT2D eigenvalue weighted by atomic mass is 9.95. The molecule has 0 aromatic rings. The molecule has 0 bridgehead atoms. The number of hydrogen-bond acceptors (Lipinski definition) is 17. The highest BCUT2D eigenvalue weighted by Gasteiger charge is 2.54. The lowest BCUT2D eigenvalue weighted by Crippen LogP contribution is -2.68. The molecule has 2 saturated heterocycles. The van der Waals surface area contributed by atoms with Crippen molar-refractivity contribution in [1.29, 1.82) is 0 Å². The molecular formula is C70H129N4O20P. The van der Waals surface area contributed by atoms with Crippen LogP contribution in [0.1, 0.15) is 310 Å². The van der Waals surface area contributed by atoms with Gasteiger partial charge in [0.25, 0.3) is 0 Å². The quantitative estimate of drug-likeness (QED) is 0.0155. The monoisotopic (exact) mass is 1380 g/mol. The maximum atomic E-state index is 14.0. The number of carboxylic acids is 1. The third-order valence-electron chi connectivity index (χ3n) is 17.6. The van der Waals surface area contributed by atoms with E-state index in [1.54, 1.807) is 0 Å². The Morgan fingerprint density at radius 2 is 0.716 bits per heavy atom. The predicted octanol–water partition coefficient (Wildman–Crippen LogP) is 11.7. The Morgan fingerprint density at radius 1 is 0.411 bits per heavy atom. The number of rotatable bonds is 61. The first-order valence-electron chi connectivity index (χ1n) is 37.2. The molecule has 2 aliphatic heterocycles. The number of phosphoric acid groups is 1. The number of carbonyl (C=O) groups excluding carboxylic acids is 6. The number of hydrogen-bond donors (Lipinski definition) is 9. The van der Waals surface area contributed by atoms with Gasteiger partial charge in [-0.25, -0.2) is 9.36 Å². The van der Waals surface area contributed by atoms with Gasteiger partial charge in [0.05, 0.1) is 13.2 Å². The van der Waals surface area contributed by atoms with E-state index in [0.29, 0.717) is 32.1 Å². The van der Waals surface area contributed by atoms with Crippen LogP contribution in [0, 0.1) is 0 Å². The number of ether oxygens (including phenoxy) is 6. The summed E-state index contributed by atoms with van der Waals surface area (Å²) in [6.45, 7) is 4.56. The predicted molar refractivity (Wildman–Crippen MR) is 362 cm³/mol. The van der Waals surface area contributed by atoms with Crippen molar-refractivity contribution in [3.05, 3.63) is 0 Å². The van der Waals surface area contributed by atoms with Crippen molar-refractivity contribution in [1.82, 2.24) is 21.3 Å². The lowest BCUT2D eigenvalue weighted by molar-refractivity contribution is -0.303. The van der Waals surface area contributed by atoms with Crippen LogP contribution in [-0.4, -0.2) is 161 Å². The largest absolute Gasteiger partial charge is 0.480 e. The second-order valence-corrected chi connectivity index (χ2v) is 27.4. The number of nitrogens with one attached hydrogen (secondary N) is 4. The van der Waals surface area contributed by atoms with Crippen molar-refractivity contribution in [2.24, 2.45) is 0 Å². The molecule has 0 saturated carbocycles. The molecule has 95 heavy (non-hydrogen) atoms. The molecule has 0 aromatic heterocycles. The number of phosphoric ester groups is 1. The van der Waals surface area contributed by atoms with Crippen LogP contribution in [0.5, 0.6) is 0 Å². The first-order chi connectivity index (χ1) is 45.9. The van der Waals surface area contributed by atoms with Gasteiger partial charge in [-0.3, -0.25) is 33.3 Å². The first-order valence-corrected chi connectivity index (χ1v) is 38.7. The van der Waals surface area contributed by atoms with Gasteiger partial charge < -0.3 is 74.8 Å². The van der Waals surface area contributed by atoms with E-state index in [-0.39, 0.29) is 25.7 Å². The lowest BCUT2D eigenvalue weighted by Gasteiger charge is -2.47. The Kier molecular flexibility index (Phi) is 51.4. The fourth-order valence-electron chi connectivity index (χ4n) is 12.1. The zero-order valence-corrected chi connectivity index (χ0v) is 59.6. The summed E-state index contributed by atoms with van der Waals surface area (Å²) < 4.78 is 53.7. The molecule has 9 N–H and O–H groups in total. The van der Waals surface area contributed by atoms with E-state index in [9.17, 15) is 63.2 Å². The summed E-state index contributed by atoms with van der Waals surface area (Å²) >= 11 is 0. The van der Waals surface area contributed by atoms with Crippen LogP contribution in [0.25, 0.3) is 0 Å². The molecule has 0 spiro atoms. The van der Waals surface area contributed by atoms with Crippen molar-refractivity contribution in [3.8, 4) is 0 Å². The van der Waals surface area contributed by atoms with Crippen molar-refractivity contribution in [2.45, 2.75) is 371 Å². The number of aliphatic hydroxyl groups excluding tert-OH is 2. The highest BCUT2D eigenvalue weighted by molar-refractivity contribution is 7.46. The van der Waals surface area contributed by atoms with E-state index >= 15 is 0 Å². The van der Waals surface area contributed by atoms with Gasteiger partial charge in [0.1, 0.15) is 56.2 Å². The maximum Gasteiger partial charge on any atom is 0.470 e. The van der Waals surface area contributed by atoms with Crippen LogP contribution in [0.3, 0.4) is 0 Å². The van der Waals surface area contributed by atoms with Gasteiger partial charge in [-0.2, -0.15) is 0 Å². The molecule has 554 valence electrons. The molecule has 2 fully saturated rings. The van der Waals surface area contributed by atoms with Crippen LogP contribution in [0.4, 0.5) is 0 Å². The van der Waals surface area contributed by atoms with Crippen molar-refractivity contribution >= 4 is 49.4 Å². The summed E-state index contributed by atoms with van der Waals surface area (Å²) in [5.41, 5.74) is 0. The normalized spacial score (nSPS) is 21.2. The molecule has 2 heterocycles. The van der Waals surface area contributed by atoms with Crippen LogP contribution in [0.15, 0.2) is 0 Å². The van der Waals surface area contributed by atoms with E-state index in [2.05, 4.69) is 49.0 Å². The number of esters is 2. The summed E-state index contributed by atoms with van der Waals surface area (Å²) in [5.74, 6) is -5.60. The fraction of sp³-hybridized carbons (Fsp3) is 0.900. The Morgan fingerprint density at radius 3 is 1.05 bits per heavy atom. The molecule has 10 atom stereocenters. The number of carbonyl (C=O) groups is 7. The highest BCUT2D eigenvalue weighted by atomic mass is 31.2. The second-order valence-electron chi connectivity index (χ2n) is 26.2. The van der Waals surface area contributed by atoms with E-state index in [4.69, 9.17) is 32.9 Å². The Bertz CT molecular complexity index is 2090. The number of aliphatic carboxylic acids is 1. The molecule has 0 aromatic carbocycles. The first kappa shape index (κ1) is 87.2. The Labute approximate surface area is 569 Å². The fourth-order valence-corrected chi connectivity index (χ4v) is 12.7. The summed E-state index contributed by atoms with van der Waals surface area (Å²) in [7, 11) is -5.50. The maximum absolute atomic E-state index is 14.0. The Balaban J connectivity index is 2.47. The third-order valence-corrected chi connectivity index (χ3v) is 18.2. The van der Waals surface area contributed by atoms with Gasteiger partial charge in [0.2, 0.25) is 23.6 Å². The van der Waals surface area contributed by atoms with Gasteiger partial charge in [-0.05, 0) is 25.7 Å². The molecule has 25 heteroatoms. The second kappa shape index (κ2) is 56.0. The van der Waals surface area contributed by atoms with Gasteiger partial charge in [0.15, 0.2) is 24.8 Å². The van der Waals surface area contributed by atoms with E-state index in [0.717, 1.165) is 135 Å². The minimum absolute atomic E-state index is 0.0129. The smallest absolute Gasteiger partial charge is 0.470 e. The molecule has 0 aliphatic carbocycles. The van der Waals surface area contributed by atoms with Gasteiger partial charge >= 0.3 is 25.7 Å². The summed E-state index contributed by atoms with van der Waals surface area (Å²) in [6, 6.07) is -3.22. The minimum Gasteiger partial charge on any atom is -0.480 e. The van der Waals surface area contributed by atoms with Crippen LogP contribution >= 0.6 is 7.82 Å². The average molecular weight is 1380 g/mol. The van der Waals surface area contributed by atoms with Crippen LogP contribution in [-0.2, 0) is 71.1 Å². The molecule has 0 radical (unpaired) electrons. The third kappa shape index (κ3) is 43.3. The van der Waals surface area contributed by atoms with Crippen molar-refractivity contribution < 1.29 is 96.2 Å². The zero-order chi connectivity index (χ0) is 69.7. The summed E-state index contributed by atoms with van der Waals surface area (Å²) in [5, 5.41) is 43.3. The van der Waals surface area contributed by atoms with E-state index in [1.807, 2.05) is 0 Å². The topological polar surface area (TPSA) is 350 Å². The highest BCUT2D eigenvalue weighted by Crippen LogP contribution is 2.42. The average Bonchev–Trinajstić information content (AvgIpc) is 0.797. The Hall–Kier alpha value is -3.84. The molecule has 2 rings (SSSR count). The van der Waals surface area contributed by atoms with E-state index < -0.39 is 144 Å². The van der Waals surface area contributed by atoms with Crippen LogP contribution in [0.2, 0.25) is 0 Å². The number of unbranched alkanes of at least 4 members (excludes halogenated alkanes) is 36. The van der Waals surface area contributed by atoms with Crippen molar-refractivity contribution in [3.63, 3.8) is 0 Å². The van der Waals surface area contributed by atoms with Crippen molar-refractivity contribution in [2.75, 3.05) is 32.9 Å². The number of aliphatic hydroxyl groups is 2. The SMILES string of the molecule is CCCCCCCCCCCCCC(=O)N[C@H]1[C@H](OC[C@H]2O[C@H](OCC(=O)O)[C@H](NC(=O)CCCCCCCCCCCCC)[C@@H](OC(=O)CNC(=O)CCCCCCCCCCC)[C@@H]2O)O[C@H](CO)[C@@H](OP(=O)(O)O)[C@@H]1OC(=O)CNC(=O)CCCCCCCCCCC. The standard InChI is InChI=1S/C70H129N4O20P/c1-5-9-13-17-21-25-27-31-35-39-43-47-58(78)73-63-67(92-61(82)49-71-56(76)45-41-37-33-29-23-19-15-11-7-3)65(84)55(91-69(63)89-53-60(80)81)52-88-70-64(74-59(79)48-44-40-36-32-28-26-22-18-14-10-6-2)68(66(54(51-75)90-70)94-95(85,86)87)93-62(83)50-72-57(77)46-42-38-34-30-24-20-16-12-8-4/h54-55,63-70,75,84H,5-53H2,1-4H3,(H,71,76)(H,72,77)(H,73,78)(H,74,79)(H,80,81)(H2,85,86,87)/t54-,55-,63-,64-,65-,66-,67-,68-,69+,70-/m1/s1. The molecule has 24 nitrogen and oxygen atoms in total. The minimum atomic E-state index is -5.50. The number of carboxylic acid groups (broad SMARTS) is 1. The van der Waals surface area contributed by atoms with E-state index in [1.165, 1.54) is 89.9 Å².